The fourth-order valence-corrected chi connectivity index (χ4v) is 4.20. The van der Waals surface area contributed by atoms with Crippen LogP contribution in [0, 0.1) is 11.6 Å². The van der Waals surface area contributed by atoms with E-state index in [0.29, 0.717) is 24.6 Å². The predicted octanol–water partition coefficient (Wildman–Crippen LogP) is 2.73. The van der Waals surface area contributed by atoms with E-state index in [4.69, 9.17) is 4.74 Å². The minimum Gasteiger partial charge on any atom is -0.378 e. The molecule has 5 nitrogen and oxygen atoms in total. The number of nitrogens with zero attached hydrogens (tertiary/aromatic N) is 2. The maximum absolute atomic E-state index is 13.6. The molecule has 2 aliphatic rings. The number of hydrogen-bond donors (Lipinski definition) is 1. The summed E-state index contributed by atoms with van der Waals surface area (Å²) in [5.74, 6) is -1.75. The number of thiazole rings is 1. The second-order valence-electron chi connectivity index (χ2n) is 5.79. The molecule has 0 bridgehead atoms. The Morgan fingerprint density at radius 1 is 1.25 bits per heavy atom. The van der Waals surface area contributed by atoms with Crippen LogP contribution in [0.15, 0.2) is 18.2 Å². The topological polar surface area (TPSA) is 54.5 Å². The van der Waals surface area contributed by atoms with Crippen LogP contribution in [-0.2, 0) is 9.53 Å². The van der Waals surface area contributed by atoms with Crippen LogP contribution in [0.5, 0.6) is 0 Å². The number of aromatic nitrogens is 1. The smallest absolute Gasteiger partial charge is 0.226 e. The molecule has 1 N–H and O–H groups in total. The van der Waals surface area contributed by atoms with Crippen LogP contribution in [0.1, 0.15) is 22.8 Å². The fraction of sp³-hybridized carbons (Fsp3) is 0.375. The van der Waals surface area contributed by atoms with Gasteiger partial charge in [-0.25, -0.2) is 13.8 Å². The Kier molecular flexibility index (Phi) is 3.93. The molecule has 1 amide bonds. The van der Waals surface area contributed by atoms with Crippen molar-refractivity contribution in [1.82, 2.24) is 4.98 Å². The van der Waals surface area contributed by atoms with Gasteiger partial charge in [-0.05, 0) is 17.7 Å². The predicted molar refractivity (Wildman–Crippen MR) is 86.6 cm³/mol. The lowest BCUT2D eigenvalue weighted by molar-refractivity contribution is -0.116. The lowest BCUT2D eigenvalue weighted by atomic mass is 9.91. The summed E-state index contributed by atoms with van der Waals surface area (Å²) in [6.07, 6.45) is 0.197. The van der Waals surface area contributed by atoms with E-state index in [1.54, 1.807) is 0 Å². The Morgan fingerprint density at radius 2 is 2.04 bits per heavy atom. The van der Waals surface area contributed by atoms with Gasteiger partial charge in [0.25, 0.3) is 0 Å². The molecular weight excluding hydrogens is 336 g/mol. The Labute approximate surface area is 141 Å². The summed E-state index contributed by atoms with van der Waals surface area (Å²) in [5, 5.41) is 3.60. The Balaban J connectivity index is 1.71. The molecule has 8 heteroatoms. The van der Waals surface area contributed by atoms with Crippen molar-refractivity contribution < 1.29 is 18.3 Å². The maximum atomic E-state index is 13.6. The molecule has 4 rings (SSSR count). The average Bonchev–Trinajstić information content (AvgIpc) is 3.01. The number of nitrogens with one attached hydrogen (secondary N) is 1. The van der Waals surface area contributed by atoms with E-state index in [-0.39, 0.29) is 18.2 Å². The van der Waals surface area contributed by atoms with Crippen LogP contribution in [-0.4, -0.2) is 37.2 Å². The summed E-state index contributed by atoms with van der Waals surface area (Å²) in [6, 6.07) is 3.79. The molecular formula is C16H15F2N3O2S. The molecule has 0 radical (unpaired) electrons. The highest BCUT2D eigenvalue weighted by Crippen LogP contribution is 2.43. The van der Waals surface area contributed by atoms with E-state index in [1.807, 2.05) is 0 Å². The third kappa shape index (κ3) is 2.76. The molecule has 1 fully saturated rings. The van der Waals surface area contributed by atoms with Gasteiger partial charge >= 0.3 is 0 Å². The Bertz CT molecular complexity index is 790. The zero-order valence-corrected chi connectivity index (χ0v) is 13.5. The van der Waals surface area contributed by atoms with Gasteiger partial charge in [0.2, 0.25) is 5.91 Å². The first kappa shape index (κ1) is 15.5. The van der Waals surface area contributed by atoms with E-state index in [0.717, 1.165) is 35.2 Å². The number of halogens is 2. The zero-order chi connectivity index (χ0) is 16.7. The highest BCUT2D eigenvalue weighted by molar-refractivity contribution is 7.16. The lowest BCUT2D eigenvalue weighted by Crippen LogP contribution is -2.36. The molecule has 0 saturated carbocycles. The molecule has 1 aromatic heterocycles. The van der Waals surface area contributed by atoms with Crippen LogP contribution in [0.3, 0.4) is 0 Å². The molecule has 0 spiro atoms. The molecule has 2 aliphatic heterocycles. The quantitative estimate of drug-likeness (QED) is 0.904. The second-order valence-corrected chi connectivity index (χ2v) is 6.80. The minimum absolute atomic E-state index is 0.170. The summed E-state index contributed by atoms with van der Waals surface area (Å²) in [5.41, 5.74) is 0.585. The fourth-order valence-electron chi connectivity index (χ4n) is 3.00. The number of ether oxygens (including phenoxy) is 1. The Hall–Kier alpha value is -2.06. The Morgan fingerprint density at radius 3 is 2.79 bits per heavy atom. The number of amides is 1. The van der Waals surface area contributed by atoms with Gasteiger partial charge in [0.15, 0.2) is 16.8 Å². The first-order valence-electron chi connectivity index (χ1n) is 7.70. The molecule has 0 unspecified atom stereocenters. The SMILES string of the molecule is O=C1C[C@@H](c2ccc(F)c(F)c2)c2sc(N3CCOCC3)nc2N1. The molecule has 1 atom stereocenters. The van der Waals surface area contributed by atoms with Gasteiger partial charge in [0, 0.05) is 25.4 Å². The van der Waals surface area contributed by atoms with Crippen molar-refractivity contribution in [2.45, 2.75) is 12.3 Å². The molecule has 1 aromatic carbocycles. The molecule has 0 aliphatic carbocycles. The first-order chi connectivity index (χ1) is 11.6. The summed E-state index contributed by atoms with van der Waals surface area (Å²) in [4.78, 5) is 19.5. The van der Waals surface area contributed by atoms with Gasteiger partial charge in [0.1, 0.15) is 5.82 Å². The lowest BCUT2D eigenvalue weighted by Gasteiger charge is -2.26. The number of carbonyl (C=O) groups excluding carboxylic acids is 1. The first-order valence-corrected chi connectivity index (χ1v) is 8.51. The van der Waals surface area contributed by atoms with E-state index in [1.165, 1.54) is 17.4 Å². The summed E-state index contributed by atoms with van der Waals surface area (Å²) in [7, 11) is 0. The molecule has 2 aromatic rings. The average molecular weight is 351 g/mol. The highest BCUT2D eigenvalue weighted by Gasteiger charge is 2.32. The molecule has 24 heavy (non-hydrogen) atoms. The minimum atomic E-state index is -0.905. The number of hydrogen-bond acceptors (Lipinski definition) is 5. The van der Waals surface area contributed by atoms with Gasteiger partial charge in [-0.2, -0.15) is 0 Å². The summed E-state index contributed by atoms with van der Waals surface area (Å²) < 4.78 is 32.1. The van der Waals surface area contributed by atoms with Gasteiger partial charge in [-0.15, -0.1) is 0 Å². The largest absolute Gasteiger partial charge is 0.378 e. The van der Waals surface area contributed by atoms with Crippen LogP contribution in [0.2, 0.25) is 0 Å². The molecule has 3 heterocycles. The highest BCUT2D eigenvalue weighted by atomic mass is 32.1. The van der Waals surface area contributed by atoms with Crippen molar-refractivity contribution >= 4 is 28.2 Å². The molecule has 126 valence electrons. The van der Waals surface area contributed by atoms with Crippen LogP contribution >= 0.6 is 11.3 Å². The van der Waals surface area contributed by atoms with Crippen LogP contribution in [0.4, 0.5) is 19.7 Å². The van der Waals surface area contributed by atoms with Gasteiger partial charge in [-0.3, -0.25) is 4.79 Å². The van der Waals surface area contributed by atoms with E-state index in [9.17, 15) is 13.6 Å². The van der Waals surface area contributed by atoms with E-state index in [2.05, 4.69) is 15.2 Å². The number of anilines is 2. The monoisotopic (exact) mass is 351 g/mol. The standard InChI is InChI=1S/C16H15F2N3O2S/c17-11-2-1-9(7-12(11)18)10-8-13(22)19-15-14(10)24-16(20-15)21-3-5-23-6-4-21/h1-2,7,10H,3-6,8H2,(H,19,22)/t10-/m0/s1. The van der Waals surface area contributed by atoms with Crippen molar-refractivity contribution in [3.8, 4) is 0 Å². The number of benzene rings is 1. The van der Waals surface area contributed by atoms with Crippen molar-refractivity contribution in [2.24, 2.45) is 0 Å². The van der Waals surface area contributed by atoms with Crippen molar-refractivity contribution in [3.63, 3.8) is 0 Å². The van der Waals surface area contributed by atoms with Crippen molar-refractivity contribution in [1.29, 1.82) is 0 Å². The maximum Gasteiger partial charge on any atom is 0.226 e. The number of carbonyl (C=O) groups is 1. The number of morpholine rings is 1. The zero-order valence-electron chi connectivity index (χ0n) is 12.7. The molecule has 1 saturated heterocycles. The van der Waals surface area contributed by atoms with E-state index >= 15 is 0 Å². The van der Waals surface area contributed by atoms with Crippen molar-refractivity contribution in [2.75, 3.05) is 36.5 Å². The second kappa shape index (κ2) is 6.10. The van der Waals surface area contributed by atoms with Gasteiger partial charge in [0.05, 0.1) is 18.1 Å². The number of rotatable bonds is 2. The normalized spacial score (nSPS) is 20.7. The van der Waals surface area contributed by atoms with Crippen molar-refractivity contribution in [3.05, 3.63) is 40.3 Å². The van der Waals surface area contributed by atoms with Gasteiger partial charge < -0.3 is 15.0 Å². The van der Waals surface area contributed by atoms with Crippen LogP contribution in [0.25, 0.3) is 0 Å². The third-order valence-electron chi connectivity index (χ3n) is 4.23. The van der Waals surface area contributed by atoms with Crippen LogP contribution < -0.4 is 10.2 Å². The van der Waals surface area contributed by atoms with Gasteiger partial charge in [-0.1, -0.05) is 17.4 Å². The van der Waals surface area contributed by atoms with E-state index < -0.39 is 11.6 Å². The number of fused-ring (bicyclic) bond motifs is 1. The summed E-state index contributed by atoms with van der Waals surface area (Å²) in [6.45, 7) is 2.78. The summed E-state index contributed by atoms with van der Waals surface area (Å²) >= 11 is 1.49. The third-order valence-corrected chi connectivity index (χ3v) is 5.46.